The van der Waals surface area contributed by atoms with E-state index in [1.807, 2.05) is 0 Å². The zero-order valence-corrected chi connectivity index (χ0v) is 17.8. The molecule has 4 rings (SSSR count). The molecule has 30 heavy (non-hydrogen) atoms. The van der Waals surface area contributed by atoms with Crippen molar-refractivity contribution in [2.45, 2.75) is 19.8 Å². The number of rotatable bonds is 6. The highest BCUT2D eigenvalue weighted by Crippen LogP contribution is 2.36. The topological polar surface area (TPSA) is 106 Å². The van der Waals surface area contributed by atoms with Crippen LogP contribution in [0.25, 0.3) is 10.9 Å². The van der Waals surface area contributed by atoms with Gasteiger partial charge in [0.2, 0.25) is 10.0 Å². The minimum absolute atomic E-state index is 0.0226. The van der Waals surface area contributed by atoms with Gasteiger partial charge in [-0.15, -0.1) is 0 Å². The Morgan fingerprint density at radius 1 is 1.30 bits per heavy atom. The number of sulfonamides is 1. The maximum Gasteiger partial charge on any atom is 0.261 e. The molecule has 1 saturated carbocycles. The molecule has 11 heteroatoms. The van der Waals surface area contributed by atoms with Crippen LogP contribution in [0.5, 0.6) is 0 Å². The van der Waals surface area contributed by atoms with Crippen molar-refractivity contribution in [1.82, 2.24) is 14.5 Å². The minimum atomic E-state index is -3.64. The number of nitrogens with one attached hydrogen (secondary N) is 2. The Morgan fingerprint density at radius 3 is 2.73 bits per heavy atom. The van der Waals surface area contributed by atoms with Crippen LogP contribution in [0, 0.1) is 18.7 Å². The predicted octanol–water partition coefficient (Wildman–Crippen LogP) is 3.32. The van der Waals surface area contributed by atoms with E-state index in [2.05, 4.69) is 20.0 Å². The number of anilines is 3. The molecule has 0 aliphatic heterocycles. The molecular formula is C19H19ClFN5O3S. The Bertz CT molecular complexity index is 1320. The third kappa shape index (κ3) is 3.97. The zero-order chi connectivity index (χ0) is 21.6. The van der Waals surface area contributed by atoms with Crippen LogP contribution in [0.4, 0.5) is 21.6 Å². The van der Waals surface area contributed by atoms with Crippen molar-refractivity contribution in [1.29, 1.82) is 0 Å². The van der Waals surface area contributed by atoms with Crippen molar-refractivity contribution < 1.29 is 12.8 Å². The van der Waals surface area contributed by atoms with Crippen molar-refractivity contribution in [3.8, 4) is 0 Å². The summed E-state index contributed by atoms with van der Waals surface area (Å²) in [6.07, 6.45) is 4.05. The quantitative estimate of drug-likeness (QED) is 0.595. The molecule has 0 amide bonds. The van der Waals surface area contributed by atoms with E-state index in [1.165, 1.54) is 10.9 Å². The van der Waals surface area contributed by atoms with E-state index in [4.69, 9.17) is 11.6 Å². The fourth-order valence-electron chi connectivity index (χ4n) is 3.16. The second-order valence-corrected chi connectivity index (χ2v) is 9.53. The number of aromatic nitrogens is 3. The minimum Gasteiger partial charge on any atom is -0.352 e. The summed E-state index contributed by atoms with van der Waals surface area (Å²) in [5, 5.41) is 3.06. The molecular weight excluding hydrogens is 433 g/mol. The average molecular weight is 452 g/mol. The lowest BCUT2D eigenvalue weighted by Crippen LogP contribution is -2.19. The lowest BCUT2D eigenvalue weighted by molar-refractivity contribution is 0.597. The summed E-state index contributed by atoms with van der Waals surface area (Å²) >= 11 is 6.28. The summed E-state index contributed by atoms with van der Waals surface area (Å²) in [4.78, 5) is 20.5. The molecule has 0 bridgehead atoms. The van der Waals surface area contributed by atoms with Gasteiger partial charge in [0.25, 0.3) is 5.56 Å². The van der Waals surface area contributed by atoms with Crippen LogP contribution in [0.2, 0.25) is 5.02 Å². The van der Waals surface area contributed by atoms with Gasteiger partial charge in [0, 0.05) is 12.7 Å². The molecule has 1 aliphatic rings. The molecule has 0 spiro atoms. The van der Waals surface area contributed by atoms with Crippen molar-refractivity contribution >= 4 is 49.7 Å². The standard InChI is InChI=1S/C19H19ClFN5O3S/c1-10-13(5-6-14-15(10)19(27)26(2)9-23-14)24-17-12(21)7-22-18(16(17)20)25-30(28,29)8-11-3-4-11/h5-7,9,11H,3-4,8H2,1-2H3,(H2,22,24,25). The zero-order valence-electron chi connectivity index (χ0n) is 16.2. The highest BCUT2D eigenvalue weighted by Gasteiger charge is 2.29. The molecule has 0 saturated heterocycles. The number of aryl methyl sites for hydroxylation is 2. The summed E-state index contributed by atoms with van der Waals surface area (Å²) in [6, 6.07) is 3.29. The normalized spacial score (nSPS) is 14.1. The molecule has 2 heterocycles. The molecule has 1 fully saturated rings. The van der Waals surface area contributed by atoms with Crippen LogP contribution < -0.4 is 15.6 Å². The van der Waals surface area contributed by atoms with Crippen molar-refractivity contribution in [2.75, 3.05) is 15.8 Å². The number of hydrogen-bond acceptors (Lipinski definition) is 6. The van der Waals surface area contributed by atoms with E-state index in [0.717, 1.165) is 19.0 Å². The summed E-state index contributed by atoms with van der Waals surface area (Å²) in [7, 11) is -2.05. The number of fused-ring (bicyclic) bond motifs is 1. The van der Waals surface area contributed by atoms with E-state index in [9.17, 15) is 17.6 Å². The second-order valence-electron chi connectivity index (χ2n) is 7.39. The van der Waals surface area contributed by atoms with Gasteiger partial charge in [-0.25, -0.2) is 22.8 Å². The van der Waals surface area contributed by atoms with Gasteiger partial charge in [-0.05, 0) is 43.4 Å². The maximum absolute atomic E-state index is 14.5. The molecule has 158 valence electrons. The third-order valence-electron chi connectivity index (χ3n) is 4.98. The molecule has 2 aromatic heterocycles. The van der Waals surface area contributed by atoms with Gasteiger partial charge in [-0.2, -0.15) is 0 Å². The van der Waals surface area contributed by atoms with Crippen molar-refractivity contribution in [3.63, 3.8) is 0 Å². The fraction of sp³-hybridized carbons (Fsp3) is 0.316. The lowest BCUT2D eigenvalue weighted by Gasteiger charge is -2.16. The van der Waals surface area contributed by atoms with Gasteiger partial charge in [-0.1, -0.05) is 11.6 Å². The largest absolute Gasteiger partial charge is 0.352 e. The van der Waals surface area contributed by atoms with E-state index in [-0.39, 0.29) is 33.8 Å². The highest BCUT2D eigenvalue weighted by molar-refractivity contribution is 7.92. The molecule has 8 nitrogen and oxygen atoms in total. The van der Waals surface area contributed by atoms with Gasteiger partial charge in [0.1, 0.15) is 5.02 Å². The first kappa shape index (κ1) is 20.5. The van der Waals surface area contributed by atoms with E-state index in [0.29, 0.717) is 22.2 Å². The number of hydrogen-bond donors (Lipinski definition) is 2. The van der Waals surface area contributed by atoms with Gasteiger partial charge in [0.05, 0.1) is 34.9 Å². The third-order valence-corrected chi connectivity index (χ3v) is 6.77. The molecule has 3 aromatic rings. The van der Waals surface area contributed by atoms with E-state index in [1.54, 1.807) is 26.1 Å². The van der Waals surface area contributed by atoms with Crippen molar-refractivity contribution in [3.05, 3.63) is 51.4 Å². The van der Waals surface area contributed by atoms with E-state index < -0.39 is 15.8 Å². The fourth-order valence-corrected chi connectivity index (χ4v) is 4.93. The second kappa shape index (κ2) is 7.51. The monoisotopic (exact) mass is 451 g/mol. The molecule has 1 aromatic carbocycles. The summed E-state index contributed by atoms with van der Waals surface area (Å²) in [5.41, 5.74) is 1.13. The van der Waals surface area contributed by atoms with Crippen LogP contribution in [-0.2, 0) is 17.1 Å². The van der Waals surface area contributed by atoms with Crippen LogP contribution in [0.15, 0.2) is 29.5 Å². The van der Waals surface area contributed by atoms with Crippen LogP contribution >= 0.6 is 11.6 Å². The van der Waals surface area contributed by atoms with Gasteiger partial charge >= 0.3 is 0 Å². The Balaban J connectivity index is 1.72. The molecule has 2 N–H and O–H groups in total. The first-order valence-corrected chi connectivity index (χ1v) is 11.3. The van der Waals surface area contributed by atoms with Gasteiger partial charge in [-0.3, -0.25) is 9.52 Å². The Kier molecular flexibility index (Phi) is 5.15. The SMILES string of the molecule is Cc1c(Nc2c(F)cnc(NS(=O)(=O)CC3CC3)c2Cl)ccc2ncn(C)c(=O)c12. The highest BCUT2D eigenvalue weighted by atomic mass is 35.5. The lowest BCUT2D eigenvalue weighted by atomic mass is 10.1. The number of pyridine rings is 1. The van der Waals surface area contributed by atoms with Crippen molar-refractivity contribution in [2.24, 2.45) is 13.0 Å². The summed E-state index contributed by atoms with van der Waals surface area (Å²) in [6.45, 7) is 1.71. The van der Waals surface area contributed by atoms with Crippen LogP contribution in [-0.4, -0.2) is 28.7 Å². The van der Waals surface area contributed by atoms with Gasteiger partial charge < -0.3 is 9.88 Å². The Morgan fingerprint density at radius 2 is 2.03 bits per heavy atom. The number of nitrogens with zero attached hydrogens (tertiary/aromatic N) is 3. The first-order chi connectivity index (χ1) is 14.2. The maximum atomic E-state index is 14.5. The Hall–Kier alpha value is -2.72. The van der Waals surface area contributed by atoms with E-state index >= 15 is 0 Å². The molecule has 0 unspecified atom stereocenters. The number of benzene rings is 1. The summed E-state index contributed by atoms with van der Waals surface area (Å²) < 4.78 is 42.7. The van der Waals surface area contributed by atoms with Crippen LogP contribution in [0.3, 0.4) is 0 Å². The molecule has 1 aliphatic carbocycles. The Labute approximate surface area is 177 Å². The number of halogens is 2. The predicted molar refractivity (Wildman–Crippen MR) is 114 cm³/mol. The molecule has 0 radical (unpaired) electrons. The smallest absolute Gasteiger partial charge is 0.261 e. The molecule has 0 atom stereocenters. The summed E-state index contributed by atoms with van der Waals surface area (Å²) in [5.74, 6) is -0.803. The first-order valence-electron chi connectivity index (χ1n) is 9.22. The van der Waals surface area contributed by atoms with Gasteiger partial charge in [0.15, 0.2) is 11.6 Å². The average Bonchev–Trinajstić information content (AvgIpc) is 3.48. The van der Waals surface area contributed by atoms with Crippen LogP contribution in [0.1, 0.15) is 18.4 Å².